The van der Waals surface area contributed by atoms with Crippen LogP contribution in [0, 0.1) is 5.92 Å². The molecule has 1 aromatic rings. The molecule has 0 bridgehead atoms. The average Bonchev–Trinajstić information content (AvgIpc) is 3.10. The lowest BCUT2D eigenvalue weighted by Crippen LogP contribution is -2.52. The van der Waals surface area contributed by atoms with E-state index >= 15 is 0 Å². The summed E-state index contributed by atoms with van der Waals surface area (Å²) in [5, 5.41) is 14.2. The zero-order valence-corrected chi connectivity index (χ0v) is 20.2. The maximum atomic E-state index is 12.2. The smallest absolute Gasteiger partial charge is 0.407 e. The predicted molar refractivity (Wildman–Crippen MR) is 126 cm³/mol. The summed E-state index contributed by atoms with van der Waals surface area (Å²) < 4.78 is 7.24. The topological polar surface area (TPSA) is 95.8 Å². The van der Waals surface area contributed by atoms with Crippen molar-refractivity contribution in [2.24, 2.45) is 18.0 Å². The van der Waals surface area contributed by atoms with Gasteiger partial charge in [0.05, 0.1) is 24.5 Å². The van der Waals surface area contributed by atoms with Gasteiger partial charge < -0.3 is 25.6 Å². The molecule has 2 rings (SSSR count). The third-order valence-corrected chi connectivity index (χ3v) is 5.12. The minimum atomic E-state index is -0.521. The zero-order valence-electron chi connectivity index (χ0n) is 20.2. The second-order valence-electron chi connectivity index (χ2n) is 9.52. The van der Waals surface area contributed by atoms with Gasteiger partial charge in [-0.2, -0.15) is 5.10 Å². The molecule has 0 saturated carbocycles. The van der Waals surface area contributed by atoms with Gasteiger partial charge in [0, 0.05) is 38.9 Å². The van der Waals surface area contributed by atoms with Gasteiger partial charge in [0.2, 0.25) is 0 Å². The van der Waals surface area contributed by atoms with Crippen LogP contribution >= 0.6 is 0 Å². The number of nitrogens with zero attached hydrogens (tertiary/aromatic N) is 4. The normalized spacial score (nSPS) is 18.6. The molecule has 1 amide bonds. The quantitative estimate of drug-likeness (QED) is 0.450. The van der Waals surface area contributed by atoms with Crippen molar-refractivity contribution in [1.82, 2.24) is 25.7 Å². The summed E-state index contributed by atoms with van der Waals surface area (Å²) in [6.07, 6.45) is 5.76. The van der Waals surface area contributed by atoms with Crippen molar-refractivity contribution < 1.29 is 9.53 Å². The van der Waals surface area contributed by atoms with E-state index in [9.17, 15) is 4.79 Å². The number of nitrogens with one attached hydrogen (secondary N) is 3. The van der Waals surface area contributed by atoms with Gasteiger partial charge >= 0.3 is 6.09 Å². The van der Waals surface area contributed by atoms with Crippen LogP contribution < -0.4 is 20.9 Å². The van der Waals surface area contributed by atoms with E-state index in [1.165, 1.54) is 0 Å². The molecule has 1 aliphatic heterocycles. The highest BCUT2D eigenvalue weighted by Crippen LogP contribution is 2.19. The number of carbonyl (C=O) groups excluding carboxylic acids is 1. The van der Waals surface area contributed by atoms with Gasteiger partial charge in [-0.15, -0.1) is 0 Å². The number of ether oxygens (including phenoxy) is 1. The lowest BCUT2D eigenvalue weighted by atomic mass is 10.0. The highest BCUT2D eigenvalue weighted by molar-refractivity contribution is 5.80. The van der Waals surface area contributed by atoms with E-state index in [2.05, 4.69) is 52.9 Å². The fourth-order valence-corrected chi connectivity index (χ4v) is 3.49. The van der Waals surface area contributed by atoms with E-state index in [1.54, 1.807) is 0 Å². The Labute approximate surface area is 187 Å². The second-order valence-corrected chi connectivity index (χ2v) is 9.52. The van der Waals surface area contributed by atoms with Crippen molar-refractivity contribution in [1.29, 1.82) is 0 Å². The zero-order chi connectivity index (χ0) is 23.0. The Morgan fingerprint density at radius 2 is 2.13 bits per heavy atom. The Hall–Kier alpha value is -2.45. The summed E-state index contributed by atoms with van der Waals surface area (Å²) in [5.41, 5.74) is 0.629. The molecule has 1 aliphatic rings. The molecular weight excluding hydrogens is 394 g/mol. The first kappa shape index (κ1) is 24.8. The van der Waals surface area contributed by atoms with Crippen LogP contribution in [0.3, 0.4) is 0 Å². The van der Waals surface area contributed by atoms with E-state index in [4.69, 9.17) is 9.73 Å². The molecule has 0 aromatic carbocycles. The van der Waals surface area contributed by atoms with Gasteiger partial charge in [0.25, 0.3) is 0 Å². The van der Waals surface area contributed by atoms with E-state index in [0.29, 0.717) is 12.6 Å². The molecule has 3 N–H and O–H groups in total. The van der Waals surface area contributed by atoms with Crippen LogP contribution in [-0.2, 0) is 11.8 Å². The number of aryl methyl sites for hydroxylation is 1. The van der Waals surface area contributed by atoms with Crippen LogP contribution in [0.25, 0.3) is 0 Å². The maximum Gasteiger partial charge on any atom is 0.407 e. The summed E-state index contributed by atoms with van der Waals surface area (Å²) >= 11 is 0. The molecular formula is C22H41N7O2. The first-order valence-corrected chi connectivity index (χ1v) is 11.4. The van der Waals surface area contributed by atoms with Crippen LogP contribution in [0.5, 0.6) is 0 Å². The Morgan fingerprint density at radius 1 is 1.39 bits per heavy atom. The van der Waals surface area contributed by atoms with Crippen LogP contribution in [-0.4, -0.2) is 65.7 Å². The van der Waals surface area contributed by atoms with Crippen LogP contribution in [0.4, 0.5) is 10.5 Å². The maximum absolute atomic E-state index is 12.2. The molecule has 1 saturated heterocycles. The summed E-state index contributed by atoms with van der Waals surface area (Å²) in [4.78, 5) is 19.3. The molecule has 2 atom stereocenters. The average molecular weight is 436 g/mol. The summed E-state index contributed by atoms with van der Waals surface area (Å²) in [6.45, 7) is 15.0. The van der Waals surface area contributed by atoms with Crippen molar-refractivity contribution >= 4 is 17.7 Å². The summed E-state index contributed by atoms with van der Waals surface area (Å²) in [6, 6.07) is 0.187. The van der Waals surface area contributed by atoms with Gasteiger partial charge in [-0.3, -0.25) is 9.67 Å². The molecule has 176 valence electrons. The van der Waals surface area contributed by atoms with Crippen molar-refractivity contribution in [3.8, 4) is 0 Å². The molecule has 9 nitrogen and oxygen atoms in total. The highest BCUT2D eigenvalue weighted by Gasteiger charge is 2.23. The van der Waals surface area contributed by atoms with E-state index < -0.39 is 11.7 Å². The number of anilines is 1. The summed E-state index contributed by atoms with van der Waals surface area (Å²) in [7, 11) is 1.94. The van der Waals surface area contributed by atoms with Crippen LogP contribution in [0.2, 0.25) is 0 Å². The fourth-order valence-electron chi connectivity index (χ4n) is 3.49. The number of aromatic nitrogens is 2. The minimum absolute atomic E-state index is 0.108. The van der Waals surface area contributed by atoms with E-state index in [-0.39, 0.29) is 12.0 Å². The molecule has 9 heteroatoms. The minimum Gasteiger partial charge on any atom is -0.444 e. The fraction of sp³-hybridized carbons (Fsp3) is 0.773. The number of piperidine rings is 1. The van der Waals surface area contributed by atoms with Gasteiger partial charge in [-0.25, -0.2) is 4.79 Å². The number of hydrogen-bond acceptors (Lipinski definition) is 5. The monoisotopic (exact) mass is 435 g/mol. The third kappa shape index (κ3) is 8.67. The molecule has 0 aliphatic carbocycles. The molecule has 31 heavy (non-hydrogen) atoms. The number of hydrogen-bond donors (Lipinski definition) is 3. The van der Waals surface area contributed by atoms with Crippen molar-refractivity contribution in [2.75, 3.05) is 31.1 Å². The third-order valence-electron chi connectivity index (χ3n) is 5.12. The molecule has 0 radical (unpaired) electrons. The van der Waals surface area contributed by atoms with E-state index in [1.807, 2.05) is 38.7 Å². The Balaban J connectivity index is 1.98. The van der Waals surface area contributed by atoms with Gasteiger partial charge in [0.1, 0.15) is 5.60 Å². The molecule has 2 unspecified atom stereocenters. The van der Waals surface area contributed by atoms with Crippen molar-refractivity contribution in [3.63, 3.8) is 0 Å². The van der Waals surface area contributed by atoms with Gasteiger partial charge in [0.15, 0.2) is 5.96 Å². The first-order chi connectivity index (χ1) is 14.6. The second kappa shape index (κ2) is 11.2. The molecule has 0 spiro atoms. The highest BCUT2D eigenvalue weighted by atomic mass is 16.6. The number of rotatable bonds is 7. The van der Waals surface area contributed by atoms with Gasteiger partial charge in [-0.05, 0) is 46.5 Å². The van der Waals surface area contributed by atoms with Crippen LogP contribution in [0.15, 0.2) is 17.4 Å². The van der Waals surface area contributed by atoms with E-state index in [0.717, 1.165) is 44.1 Å². The van der Waals surface area contributed by atoms with Gasteiger partial charge in [-0.1, -0.05) is 13.8 Å². The number of alkyl carbamates (subject to hydrolysis) is 1. The number of aliphatic imine (C=N–C) groups is 1. The lowest BCUT2D eigenvalue weighted by molar-refractivity contribution is 0.0493. The first-order valence-electron chi connectivity index (χ1n) is 11.4. The molecule has 1 aromatic heterocycles. The standard InChI is InChI=1S/C22H41N7O2/c1-8-23-20(24-13-19(16(2)3)27-21(30)31-22(4,5)6)26-17-10-9-11-29(14-17)18-12-25-28(7)15-18/h12,15-17,19H,8-11,13-14H2,1-7H3,(H,27,30)(H2,23,24,26). The number of carbonyl (C=O) groups is 1. The Kier molecular flexibility index (Phi) is 9.00. The Bertz CT molecular complexity index is 724. The summed E-state index contributed by atoms with van der Waals surface area (Å²) in [5.74, 6) is 1.01. The van der Waals surface area contributed by atoms with Crippen molar-refractivity contribution in [3.05, 3.63) is 12.4 Å². The molecule has 2 heterocycles. The SMILES string of the molecule is CCNC(=NCC(NC(=O)OC(C)(C)C)C(C)C)NC1CCCN(c2cnn(C)c2)C1. The van der Waals surface area contributed by atoms with Crippen molar-refractivity contribution in [2.45, 2.75) is 72.1 Å². The number of amides is 1. The lowest BCUT2D eigenvalue weighted by Gasteiger charge is -2.34. The molecule has 1 fully saturated rings. The van der Waals surface area contributed by atoms with Crippen LogP contribution in [0.1, 0.15) is 54.4 Å². The Morgan fingerprint density at radius 3 is 2.71 bits per heavy atom. The largest absolute Gasteiger partial charge is 0.444 e. The number of guanidine groups is 1. The predicted octanol–water partition coefficient (Wildman–Crippen LogP) is 2.49.